The molecule has 3 rings (SSSR count). The van der Waals surface area contributed by atoms with Crippen molar-refractivity contribution in [3.05, 3.63) is 54.8 Å². The van der Waals surface area contributed by atoms with E-state index in [1.807, 2.05) is 0 Å². The van der Waals surface area contributed by atoms with E-state index in [1.54, 1.807) is 43.5 Å². The van der Waals surface area contributed by atoms with E-state index in [-0.39, 0.29) is 11.7 Å². The van der Waals surface area contributed by atoms with Crippen LogP contribution >= 0.6 is 55.2 Å². The average Bonchev–Trinajstić information content (AvgIpc) is 2.92. The van der Waals surface area contributed by atoms with E-state index in [4.69, 9.17) is 16.3 Å². The number of nitrogens with one attached hydrogen (secondary N) is 1. The van der Waals surface area contributed by atoms with Crippen molar-refractivity contribution in [3.8, 4) is 11.5 Å². The van der Waals surface area contributed by atoms with Crippen LogP contribution in [0.25, 0.3) is 6.08 Å². The standard InChI is InChI=1S/C17H11Br2ClN2O3S/c1-25-13-3-2-9(20)7-12(13)21-17-22-16(24)14(26-17)6-8-4-10(18)15(23)11(19)5-8/h2-7,23H,1H3,(H,21,22,24)/b14-6-. The molecule has 0 bridgehead atoms. The summed E-state index contributed by atoms with van der Waals surface area (Å²) >= 11 is 13.8. The van der Waals surface area contributed by atoms with Gasteiger partial charge in [0.1, 0.15) is 17.2 Å². The van der Waals surface area contributed by atoms with E-state index < -0.39 is 0 Å². The smallest absolute Gasteiger partial charge is 0.264 e. The molecular weight excluding hydrogens is 508 g/mol. The van der Waals surface area contributed by atoms with Crippen LogP contribution in [0.4, 0.5) is 5.69 Å². The van der Waals surface area contributed by atoms with Crippen molar-refractivity contribution in [2.75, 3.05) is 7.11 Å². The number of amides is 1. The van der Waals surface area contributed by atoms with Crippen LogP contribution in [0.5, 0.6) is 11.5 Å². The van der Waals surface area contributed by atoms with Gasteiger partial charge in [-0.1, -0.05) is 11.6 Å². The molecule has 0 radical (unpaired) electrons. The van der Waals surface area contributed by atoms with Crippen LogP contribution in [0.1, 0.15) is 5.56 Å². The van der Waals surface area contributed by atoms with E-state index in [9.17, 15) is 9.90 Å². The molecule has 1 saturated heterocycles. The van der Waals surface area contributed by atoms with E-state index in [1.165, 1.54) is 11.8 Å². The topological polar surface area (TPSA) is 70.9 Å². The van der Waals surface area contributed by atoms with Gasteiger partial charge in [-0.15, -0.1) is 0 Å². The number of aliphatic imine (C=N–C) groups is 1. The fraction of sp³-hybridized carbons (Fsp3) is 0.0588. The molecule has 0 spiro atoms. The van der Waals surface area contributed by atoms with Gasteiger partial charge in [-0.3, -0.25) is 4.79 Å². The molecule has 1 amide bonds. The first-order valence-electron chi connectivity index (χ1n) is 7.18. The van der Waals surface area contributed by atoms with Crippen molar-refractivity contribution in [2.24, 2.45) is 4.99 Å². The SMILES string of the molecule is COc1ccc(Cl)cc1N=C1NC(=O)/C(=C/c2cc(Br)c(O)c(Br)c2)S1. The third-order valence-corrected chi connectivity index (χ3v) is 5.70. The molecule has 0 aliphatic carbocycles. The number of carbonyl (C=O) groups is 1. The highest BCUT2D eigenvalue weighted by Gasteiger charge is 2.24. The van der Waals surface area contributed by atoms with Crippen molar-refractivity contribution in [2.45, 2.75) is 0 Å². The number of aromatic hydroxyl groups is 1. The number of hydrogen-bond donors (Lipinski definition) is 2. The summed E-state index contributed by atoms with van der Waals surface area (Å²) in [5.74, 6) is 0.404. The lowest BCUT2D eigenvalue weighted by molar-refractivity contribution is -0.115. The highest BCUT2D eigenvalue weighted by molar-refractivity contribution is 9.11. The van der Waals surface area contributed by atoms with Crippen molar-refractivity contribution in [1.29, 1.82) is 0 Å². The number of benzene rings is 2. The molecular formula is C17H11Br2ClN2O3S. The number of phenolic OH excluding ortho intramolecular Hbond substituents is 1. The number of hydrogen-bond acceptors (Lipinski definition) is 5. The summed E-state index contributed by atoms with van der Waals surface area (Å²) in [5, 5.41) is 13.5. The minimum absolute atomic E-state index is 0.103. The number of ether oxygens (including phenoxy) is 1. The summed E-state index contributed by atoms with van der Waals surface area (Å²) in [5.41, 5.74) is 1.28. The second-order valence-corrected chi connectivity index (χ2v) is 8.31. The van der Waals surface area contributed by atoms with Crippen LogP contribution in [0.15, 0.2) is 49.2 Å². The van der Waals surface area contributed by atoms with Crippen molar-refractivity contribution in [1.82, 2.24) is 5.32 Å². The van der Waals surface area contributed by atoms with Crippen LogP contribution in [-0.2, 0) is 4.79 Å². The lowest BCUT2D eigenvalue weighted by Gasteiger charge is -2.05. The van der Waals surface area contributed by atoms with Gasteiger partial charge in [-0.2, -0.15) is 0 Å². The number of thioether (sulfide) groups is 1. The Morgan fingerprint density at radius 3 is 2.62 bits per heavy atom. The highest BCUT2D eigenvalue weighted by atomic mass is 79.9. The third kappa shape index (κ3) is 4.25. The van der Waals surface area contributed by atoms with Gasteiger partial charge in [0, 0.05) is 5.02 Å². The minimum atomic E-state index is -0.255. The first-order valence-corrected chi connectivity index (χ1v) is 9.96. The average molecular weight is 519 g/mol. The van der Waals surface area contributed by atoms with Gasteiger partial charge in [0.2, 0.25) is 0 Å². The van der Waals surface area contributed by atoms with Gasteiger partial charge in [0.15, 0.2) is 5.17 Å². The molecule has 2 N–H and O–H groups in total. The normalized spacial score (nSPS) is 17.0. The zero-order valence-electron chi connectivity index (χ0n) is 13.2. The Bertz CT molecular complexity index is 940. The zero-order valence-corrected chi connectivity index (χ0v) is 18.0. The van der Waals surface area contributed by atoms with Crippen LogP contribution in [0.2, 0.25) is 5.02 Å². The number of carbonyl (C=O) groups excluding carboxylic acids is 1. The molecule has 1 aliphatic heterocycles. The van der Waals surface area contributed by atoms with E-state index in [2.05, 4.69) is 42.2 Å². The fourth-order valence-electron chi connectivity index (χ4n) is 2.16. The molecule has 5 nitrogen and oxygen atoms in total. The predicted octanol–water partition coefficient (Wildman–Crippen LogP) is 5.47. The third-order valence-electron chi connectivity index (χ3n) is 3.35. The molecule has 26 heavy (non-hydrogen) atoms. The van der Waals surface area contributed by atoms with Gasteiger partial charge in [-0.05, 0) is 85.6 Å². The van der Waals surface area contributed by atoms with Gasteiger partial charge in [0.25, 0.3) is 5.91 Å². The Morgan fingerprint density at radius 1 is 1.27 bits per heavy atom. The first kappa shape index (κ1) is 19.3. The second kappa shape index (κ2) is 8.04. The molecule has 0 atom stereocenters. The maximum Gasteiger partial charge on any atom is 0.264 e. The molecule has 0 unspecified atom stereocenters. The quantitative estimate of drug-likeness (QED) is 0.529. The molecule has 0 aromatic heterocycles. The van der Waals surface area contributed by atoms with E-state index >= 15 is 0 Å². The molecule has 2 aromatic carbocycles. The summed E-state index contributed by atoms with van der Waals surface area (Å²) in [6.45, 7) is 0. The Morgan fingerprint density at radius 2 is 1.96 bits per heavy atom. The zero-order chi connectivity index (χ0) is 18.8. The van der Waals surface area contributed by atoms with Gasteiger partial charge in [-0.25, -0.2) is 4.99 Å². The maximum atomic E-state index is 12.2. The molecule has 1 aliphatic rings. The number of rotatable bonds is 3. The summed E-state index contributed by atoms with van der Waals surface area (Å²) in [4.78, 5) is 17.1. The lowest BCUT2D eigenvalue weighted by Crippen LogP contribution is -2.19. The monoisotopic (exact) mass is 516 g/mol. The van der Waals surface area contributed by atoms with Crippen molar-refractivity contribution in [3.63, 3.8) is 0 Å². The molecule has 134 valence electrons. The summed E-state index contributed by atoms with van der Waals surface area (Å²) in [6, 6.07) is 8.52. The van der Waals surface area contributed by atoms with Crippen LogP contribution in [0, 0.1) is 0 Å². The number of amidine groups is 1. The first-order chi connectivity index (χ1) is 12.4. The number of halogens is 3. The summed E-state index contributed by atoms with van der Waals surface area (Å²) in [6.07, 6.45) is 1.71. The fourth-order valence-corrected chi connectivity index (χ4v) is 4.38. The predicted molar refractivity (Wildman–Crippen MR) is 112 cm³/mol. The largest absolute Gasteiger partial charge is 0.506 e. The van der Waals surface area contributed by atoms with E-state index in [0.29, 0.717) is 35.5 Å². The minimum Gasteiger partial charge on any atom is -0.506 e. The molecule has 1 fully saturated rings. The molecule has 9 heteroatoms. The summed E-state index contributed by atoms with van der Waals surface area (Å²) < 4.78 is 6.32. The molecule has 0 saturated carbocycles. The Hall–Kier alpha value is -1.48. The van der Waals surface area contributed by atoms with Crippen LogP contribution in [0.3, 0.4) is 0 Å². The van der Waals surface area contributed by atoms with Gasteiger partial charge < -0.3 is 15.2 Å². The van der Waals surface area contributed by atoms with Crippen molar-refractivity contribution < 1.29 is 14.6 Å². The highest BCUT2D eigenvalue weighted by Crippen LogP contribution is 2.36. The van der Waals surface area contributed by atoms with Crippen LogP contribution in [-0.4, -0.2) is 23.3 Å². The van der Waals surface area contributed by atoms with Gasteiger partial charge >= 0.3 is 0 Å². The maximum absolute atomic E-state index is 12.2. The molecule has 1 heterocycles. The number of nitrogens with zero attached hydrogens (tertiary/aromatic N) is 1. The Kier molecular flexibility index (Phi) is 5.96. The number of phenols is 1. The number of methoxy groups -OCH3 is 1. The van der Waals surface area contributed by atoms with Crippen LogP contribution < -0.4 is 10.1 Å². The lowest BCUT2D eigenvalue weighted by atomic mass is 10.2. The Balaban J connectivity index is 1.91. The van der Waals surface area contributed by atoms with Gasteiger partial charge in [0.05, 0.1) is 21.0 Å². The molecule has 2 aromatic rings. The summed E-state index contributed by atoms with van der Waals surface area (Å²) in [7, 11) is 1.54. The Labute approximate surface area is 175 Å². The van der Waals surface area contributed by atoms with Crippen molar-refractivity contribution >= 4 is 78.1 Å². The second-order valence-electron chi connectivity index (χ2n) is 5.13. The van der Waals surface area contributed by atoms with E-state index in [0.717, 1.165) is 5.56 Å².